The summed E-state index contributed by atoms with van der Waals surface area (Å²) in [5, 5.41) is 15.1. The lowest BCUT2D eigenvalue weighted by molar-refractivity contribution is 0.241. The summed E-state index contributed by atoms with van der Waals surface area (Å²) in [5.41, 5.74) is 4.36. The third kappa shape index (κ3) is 3.15. The summed E-state index contributed by atoms with van der Waals surface area (Å²) >= 11 is 0. The molecule has 0 bridgehead atoms. The summed E-state index contributed by atoms with van der Waals surface area (Å²) < 4.78 is 1.54. The van der Waals surface area contributed by atoms with Crippen molar-refractivity contribution in [2.24, 2.45) is 0 Å². The van der Waals surface area contributed by atoms with Gasteiger partial charge in [-0.15, -0.1) is 0 Å². The third-order valence-corrected chi connectivity index (χ3v) is 4.82. The van der Waals surface area contributed by atoms with Gasteiger partial charge in [0.15, 0.2) is 5.82 Å². The van der Waals surface area contributed by atoms with E-state index in [2.05, 4.69) is 44.1 Å². The highest BCUT2D eigenvalue weighted by molar-refractivity contribution is 5.46. The van der Waals surface area contributed by atoms with Crippen LogP contribution >= 0.6 is 0 Å². The Balaban J connectivity index is 1.51. The summed E-state index contributed by atoms with van der Waals surface area (Å²) in [6.45, 7) is 2.52. The van der Waals surface area contributed by atoms with Gasteiger partial charge in [-0.25, -0.2) is 4.98 Å². The molecule has 0 unspecified atom stereocenters. The van der Waals surface area contributed by atoms with Gasteiger partial charge in [0.05, 0.1) is 5.69 Å². The van der Waals surface area contributed by atoms with Gasteiger partial charge in [0.1, 0.15) is 0 Å². The van der Waals surface area contributed by atoms with E-state index in [9.17, 15) is 5.11 Å². The molecule has 26 heavy (non-hydrogen) atoms. The Morgan fingerprint density at radius 2 is 1.92 bits per heavy atom. The number of fused-ring (bicyclic) bond motifs is 1. The lowest BCUT2D eigenvalue weighted by Crippen LogP contribution is -2.29. The molecule has 1 aliphatic rings. The Bertz CT molecular complexity index is 887. The monoisotopic (exact) mass is 349 g/mol. The van der Waals surface area contributed by atoms with Crippen LogP contribution in [0.25, 0.3) is 5.82 Å². The van der Waals surface area contributed by atoms with Crippen molar-refractivity contribution in [3.05, 3.63) is 65.5 Å². The van der Waals surface area contributed by atoms with E-state index in [-0.39, 0.29) is 5.88 Å². The molecule has 4 rings (SSSR count). The van der Waals surface area contributed by atoms with Crippen LogP contribution in [0.15, 0.2) is 48.7 Å². The topological polar surface area (TPSA) is 57.4 Å². The Hall–Kier alpha value is -2.86. The molecular formula is C20H23N5O. The molecular weight excluding hydrogens is 326 g/mol. The van der Waals surface area contributed by atoms with Gasteiger partial charge in [0, 0.05) is 51.2 Å². The van der Waals surface area contributed by atoms with Crippen LogP contribution in [0.4, 0.5) is 5.69 Å². The largest absolute Gasteiger partial charge is 0.493 e. The van der Waals surface area contributed by atoms with E-state index in [1.54, 1.807) is 10.9 Å². The van der Waals surface area contributed by atoms with Crippen molar-refractivity contribution in [3.63, 3.8) is 0 Å². The smallest absolute Gasteiger partial charge is 0.219 e. The molecule has 6 nitrogen and oxygen atoms in total. The van der Waals surface area contributed by atoms with Crippen LogP contribution in [0.1, 0.15) is 16.8 Å². The van der Waals surface area contributed by atoms with Crippen molar-refractivity contribution in [3.8, 4) is 11.7 Å². The average Bonchev–Trinajstić information content (AvgIpc) is 2.99. The number of anilines is 1. The van der Waals surface area contributed by atoms with Crippen molar-refractivity contribution in [1.29, 1.82) is 0 Å². The van der Waals surface area contributed by atoms with E-state index >= 15 is 0 Å². The van der Waals surface area contributed by atoms with Crippen LogP contribution in [0.5, 0.6) is 5.88 Å². The highest BCUT2D eigenvalue weighted by atomic mass is 16.3. The van der Waals surface area contributed by atoms with Crippen molar-refractivity contribution in [2.45, 2.75) is 19.5 Å². The Morgan fingerprint density at radius 3 is 2.62 bits per heavy atom. The molecule has 0 saturated carbocycles. The lowest BCUT2D eigenvalue weighted by atomic mass is 10.1. The molecule has 6 heteroatoms. The molecule has 0 radical (unpaired) electrons. The molecule has 2 aromatic heterocycles. The van der Waals surface area contributed by atoms with Crippen LogP contribution < -0.4 is 4.90 Å². The minimum absolute atomic E-state index is 0.216. The maximum atomic E-state index is 10.5. The molecule has 1 N–H and O–H groups in total. The van der Waals surface area contributed by atoms with Crippen molar-refractivity contribution in [1.82, 2.24) is 19.7 Å². The first-order chi connectivity index (χ1) is 12.6. The molecule has 0 saturated heterocycles. The first kappa shape index (κ1) is 16.6. The number of nitrogens with zero attached hydrogens (tertiary/aromatic N) is 5. The fraction of sp³-hybridized carbons (Fsp3) is 0.300. The second-order valence-corrected chi connectivity index (χ2v) is 6.87. The number of hydrogen-bond donors (Lipinski definition) is 1. The summed E-state index contributed by atoms with van der Waals surface area (Å²) in [4.78, 5) is 8.75. The van der Waals surface area contributed by atoms with Crippen LogP contribution in [0, 0.1) is 0 Å². The predicted octanol–water partition coefficient (Wildman–Crippen LogP) is 2.60. The van der Waals surface area contributed by atoms with E-state index in [1.807, 2.05) is 32.3 Å². The van der Waals surface area contributed by atoms with Crippen molar-refractivity contribution >= 4 is 5.69 Å². The predicted molar refractivity (Wildman–Crippen MR) is 102 cm³/mol. The minimum Gasteiger partial charge on any atom is -0.493 e. The highest BCUT2D eigenvalue weighted by Gasteiger charge is 2.25. The molecule has 1 aliphatic heterocycles. The third-order valence-electron chi connectivity index (χ3n) is 4.82. The number of rotatable bonds is 4. The fourth-order valence-electron chi connectivity index (χ4n) is 3.36. The van der Waals surface area contributed by atoms with E-state index in [0.29, 0.717) is 5.82 Å². The number of benzene rings is 1. The van der Waals surface area contributed by atoms with E-state index in [1.165, 1.54) is 11.3 Å². The number of pyridine rings is 1. The minimum atomic E-state index is 0.216. The molecule has 0 atom stereocenters. The van der Waals surface area contributed by atoms with Gasteiger partial charge in [-0.2, -0.15) is 9.78 Å². The normalized spacial score (nSPS) is 14.2. The maximum absolute atomic E-state index is 10.5. The first-order valence-electron chi connectivity index (χ1n) is 8.81. The zero-order valence-electron chi connectivity index (χ0n) is 15.1. The number of aromatic nitrogens is 3. The van der Waals surface area contributed by atoms with Crippen LogP contribution in [-0.4, -0.2) is 45.4 Å². The molecule has 0 spiro atoms. The van der Waals surface area contributed by atoms with Crippen LogP contribution in [0.2, 0.25) is 0 Å². The summed E-state index contributed by atoms with van der Waals surface area (Å²) in [6.07, 6.45) is 2.50. The van der Waals surface area contributed by atoms with E-state index in [0.717, 1.165) is 37.3 Å². The SMILES string of the molecule is CN(C)c1ccc(CN2CCc3c(nn(-c4ccccn4)c3O)C2)cc1. The molecule has 0 fully saturated rings. The quantitative estimate of drug-likeness (QED) is 0.785. The zero-order chi connectivity index (χ0) is 18.1. The standard InChI is InChI=1S/C20H23N5O/c1-23(2)16-8-6-15(7-9-16)13-24-12-10-17-18(14-24)22-25(20(17)26)19-5-3-4-11-21-19/h3-9,11,26H,10,12-14H2,1-2H3. The maximum Gasteiger partial charge on any atom is 0.219 e. The number of aromatic hydroxyl groups is 1. The van der Waals surface area contributed by atoms with E-state index < -0.39 is 0 Å². The average molecular weight is 349 g/mol. The lowest BCUT2D eigenvalue weighted by Gasteiger charge is -2.26. The van der Waals surface area contributed by atoms with Gasteiger partial charge in [-0.3, -0.25) is 4.90 Å². The zero-order valence-corrected chi connectivity index (χ0v) is 15.1. The van der Waals surface area contributed by atoms with Gasteiger partial charge in [0.2, 0.25) is 5.88 Å². The first-order valence-corrected chi connectivity index (χ1v) is 8.81. The Labute approximate surface area is 153 Å². The van der Waals surface area contributed by atoms with Gasteiger partial charge in [0.25, 0.3) is 0 Å². The van der Waals surface area contributed by atoms with Crippen molar-refractivity contribution < 1.29 is 5.11 Å². The van der Waals surface area contributed by atoms with Gasteiger partial charge in [-0.1, -0.05) is 18.2 Å². The van der Waals surface area contributed by atoms with Crippen molar-refractivity contribution in [2.75, 3.05) is 25.5 Å². The fourth-order valence-corrected chi connectivity index (χ4v) is 3.36. The molecule has 0 amide bonds. The van der Waals surface area contributed by atoms with E-state index in [4.69, 9.17) is 0 Å². The summed E-state index contributed by atoms with van der Waals surface area (Å²) in [7, 11) is 4.09. The Morgan fingerprint density at radius 1 is 1.12 bits per heavy atom. The van der Waals surface area contributed by atoms with Gasteiger partial charge >= 0.3 is 0 Å². The van der Waals surface area contributed by atoms with Gasteiger partial charge < -0.3 is 10.0 Å². The summed E-state index contributed by atoms with van der Waals surface area (Å²) in [6, 6.07) is 14.2. The molecule has 134 valence electrons. The molecule has 3 heterocycles. The number of hydrogen-bond acceptors (Lipinski definition) is 5. The molecule has 1 aromatic carbocycles. The summed E-state index contributed by atoms with van der Waals surface area (Å²) in [5.74, 6) is 0.860. The highest BCUT2D eigenvalue weighted by Crippen LogP contribution is 2.29. The van der Waals surface area contributed by atoms with Gasteiger partial charge in [-0.05, 0) is 36.2 Å². The van der Waals surface area contributed by atoms with Crippen LogP contribution in [-0.2, 0) is 19.5 Å². The Kier molecular flexibility index (Phi) is 4.34. The second-order valence-electron chi connectivity index (χ2n) is 6.87. The second kappa shape index (κ2) is 6.80. The van der Waals surface area contributed by atoms with Crippen LogP contribution in [0.3, 0.4) is 0 Å². The molecule has 3 aromatic rings. The molecule has 0 aliphatic carbocycles.